The van der Waals surface area contributed by atoms with Crippen LogP contribution in [-0.2, 0) is 0 Å². The van der Waals surface area contributed by atoms with Crippen LogP contribution < -0.4 is 42.6 Å². The molecule has 14 rings (SSSR count). The Bertz CT molecular complexity index is 3830. The molecule has 0 bridgehead atoms. The monoisotopic (exact) mass is 832 g/mol. The number of hydrogen-bond donors (Lipinski definition) is 0. The first-order chi connectivity index (χ1) is 32.4. The molecular weight excluding hydrogens is 802 g/mol. The Balaban J connectivity index is 1.14. The van der Waals surface area contributed by atoms with Crippen molar-refractivity contribution in [2.24, 2.45) is 0 Å². The van der Waals surface area contributed by atoms with Crippen molar-refractivity contribution in [2.45, 2.75) is 13.8 Å². The van der Waals surface area contributed by atoms with Crippen molar-refractivity contribution in [3.63, 3.8) is 0 Å². The van der Waals surface area contributed by atoms with E-state index < -0.39 is 0 Å². The van der Waals surface area contributed by atoms with Crippen LogP contribution in [0.3, 0.4) is 0 Å². The van der Waals surface area contributed by atoms with Gasteiger partial charge in [-0.2, -0.15) is 10.5 Å². The maximum Gasteiger partial charge on any atom is 0.248 e. The minimum absolute atomic E-state index is 0.168. The van der Waals surface area contributed by atoms with E-state index in [1.807, 2.05) is 72.8 Å². The first-order valence-corrected chi connectivity index (χ1v) is 22.1. The van der Waals surface area contributed by atoms with Crippen LogP contribution in [0.1, 0.15) is 22.3 Å². The van der Waals surface area contributed by atoms with Crippen LogP contribution in [0, 0.1) is 49.7 Å². The lowest BCUT2D eigenvalue weighted by Gasteiger charge is -2.42. The molecule has 0 fully saturated rings. The molecule has 0 radical (unpaired) electrons. The zero-order valence-corrected chi connectivity index (χ0v) is 35.7. The third-order valence-electron chi connectivity index (χ3n) is 14.8. The minimum atomic E-state index is -0.168. The summed E-state index contributed by atoms with van der Waals surface area (Å²) < 4.78 is 0. The highest BCUT2D eigenvalue weighted by Crippen LogP contribution is 2.50. The number of nitriles is 2. The Hall–Kier alpha value is -9.07. The van der Waals surface area contributed by atoms with Crippen LogP contribution in [0.15, 0.2) is 146 Å². The number of benzene rings is 10. The number of fused-ring (bicyclic) bond motifs is 8. The second-order valence-electron chi connectivity index (χ2n) is 18.1. The molecule has 0 unspecified atom stereocenters. The second kappa shape index (κ2) is 12.8. The Morgan fingerprint density at radius 2 is 0.924 bits per heavy atom. The molecule has 0 saturated carbocycles. The summed E-state index contributed by atoms with van der Waals surface area (Å²) in [4.78, 5) is 12.5. The van der Waals surface area contributed by atoms with Crippen LogP contribution in [-0.4, -0.2) is 13.4 Å². The van der Waals surface area contributed by atoms with E-state index in [0.717, 1.165) is 83.9 Å². The Kier molecular flexibility index (Phi) is 7.05. The van der Waals surface area contributed by atoms with Crippen molar-refractivity contribution in [1.82, 2.24) is 0 Å². The number of nitrogens with zero attached hydrogens (tertiary/aromatic N) is 6. The molecular formula is C58H30B2N6. The molecule has 4 aliphatic rings. The maximum atomic E-state index is 10.7. The molecule has 0 atom stereocenters. The molecule has 6 nitrogen and oxygen atoms in total. The number of rotatable bonds is 2. The van der Waals surface area contributed by atoms with Gasteiger partial charge in [-0.05, 0) is 168 Å². The topological polar surface area (TPSA) is 62.8 Å². The van der Waals surface area contributed by atoms with E-state index in [4.69, 9.17) is 13.1 Å². The summed E-state index contributed by atoms with van der Waals surface area (Å²) in [5.74, 6) is 0. The van der Waals surface area contributed by atoms with Crippen molar-refractivity contribution >= 4 is 124 Å². The van der Waals surface area contributed by atoms with E-state index in [-0.39, 0.29) is 13.4 Å². The SMILES string of the molecule is [C-]#[N+]c1ccc2c(c1)N(c1ccccc1)c1cc(C#N)cc3c1B2c1cc2c(C)cc4c5c(cc6c(C)cc-3c1c6c25)B1c2ccc(C#N)cc2N(c2ccccc2)c2cc([N+]#[C-])cc-4c21. The molecule has 0 N–H and O–H groups in total. The van der Waals surface area contributed by atoms with Crippen molar-refractivity contribution in [3.8, 4) is 34.4 Å². The van der Waals surface area contributed by atoms with Crippen molar-refractivity contribution in [2.75, 3.05) is 9.80 Å². The average molecular weight is 833 g/mol. The summed E-state index contributed by atoms with van der Waals surface area (Å²) in [6.45, 7) is 20.6. The first-order valence-electron chi connectivity index (χ1n) is 22.1. The minimum Gasteiger partial charge on any atom is -0.313 e. The molecule has 0 saturated heterocycles. The van der Waals surface area contributed by atoms with Crippen molar-refractivity contribution < 1.29 is 0 Å². The van der Waals surface area contributed by atoms with Crippen molar-refractivity contribution in [1.29, 1.82) is 10.5 Å². The number of hydrogen-bond acceptors (Lipinski definition) is 4. The van der Waals surface area contributed by atoms with E-state index in [1.54, 1.807) is 0 Å². The maximum absolute atomic E-state index is 10.7. The lowest BCUT2D eigenvalue weighted by atomic mass is 9.31. The zero-order valence-electron chi connectivity index (χ0n) is 35.7. The van der Waals surface area contributed by atoms with E-state index in [1.165, 1.54) is 48.7 Å². The van der Waals surface area contributed by atoms with Crippen molar-refractivity contribution in [3.05, 3.63) is 191 Å². The third kappa shape index (κ3) is 4.48. The van der Waals surface area contributed by atoms with Gasteiger partial charge in [-0.3, -0.25) is 0 Å². The fourth-order valence-electron chi connectivity index (χ4n) is 12.3. The predicted octanol–water partition coefficient (Wildman–Crippen LogP) is 10.6. The van der Waals surface area contributed by atoms with Gasteiger partial charge in [0.05, 0.1) is 36.4 Å². The summed E-state index contributed by atoms with van der Waals surface area (Å²) in [5, 5.41) is 28.1. The van der Waals surface area contributed by atoms with E-state index >= 15 is 0 Å². The molecule has 8 heteroatoms. The van der Waals surface area contributed by atoms with Crippen LogP contribution >= 0.6 is 0 Å². The lowest BCUT2D eigenvalue weighted by Crippen LogP contribution is -2.60. The molecule has 4 aliphatic heterocycles. The van der Waals surface area contributed by atoms with Gasteiger partial charge in [-0.1, -0.05) is 89.8 Å². The normalized spacial score (nSPS) is 13.1. The molecule has 4 heterocycles. The van der Waals surface area contributed by atoms with Crippen LogP contribution in [0.25, 0.3) is 64.3 Å². The smallest absolute Gasteiger partial charge is 0.248 e. The molecule has 0 amide bonds. The number of aryl methyl sites for hydroxylation is 2. The number of para-hydroxylation sites is 2. The van der Waals surface area contributed by atoms with Gasteiger partial charge in [0.1, 0.15) is 0 Å². The quantitative estimate of drug-likeness (QED) is 0.0989. The molecule has 298 valence electrons. The highest BCUT2D eigenvalue weighted by Gasteiger charge is 2.45. The first kappa shape index (κ1) is 36.4. The average Bonchev–Trinajstić information content (AvgIpc) is 3.36. The summed E-state index contributed by atoms with van der Waals surface area (Å²) in [6.07, 6.45) is 0. The zero-order chi connectivity index (χ0) is 44.3. The van der Waals surface area contributed by atoms with E-state index in [2.05, 4.69) is 118 Å². The highest BCUT2D eigenvalue weighted by atomic mass is 15.2. The van der Waals surface area contributed by atoms with Gasteiger partial charge < -0.3 is 9.80 Å². The molecule has 0 spiro atoms. The van der Waals surface area contributed by atoms with E-state index in [9.17, 15) is 10.5 Å². The molecule has 0 aromatic heterocycles. The number of anilines is 6. The van der Waals surface area contributed by atoms with Gasteiger partial charge in [0.15, 0.2) is 11.4 Å². The van der Waals surface area contributed by atoms with Gasteiger partial charge in [0.2, 0.25) is 13.4 Å². The summed E-state index contributed by atoms with van der Waals surface area (Å²) in [7, 11) is 0. The summed E-state index contributed by atoms with van der Waals surface area (Å²) in [6, 6.07) is 55.5. The molecule has 66 heavy (non-hydrogen) atoms. The molecule has 10 aromatic carbocycles. The van der Waals surface area contributed by atoms with E-state index in [0.29, 0.717) is 22.5 Å². The Morgan fingerprint density at radius 3 is 1.47 bits per heavy atom. The fraction of sp³-hybridized carbons (Fsp3) is 0.0345. The molecule has 0 aliphatic carbocycles. The standard InChI is InChI=1S/C58H30B2N6/c1-31-19-41-43-21-34(30-62)23-51-57(43)60(46-18-16-35(63-3)25-50(46)66(51)38-13-9-6-10-14-38)47-27-40-32(2)20-42-44-24-36(64-4)26-52-58(44)59(48-28-39(31)55(53(41)47)56(40)54(42)48)45-17-15-33(29-61)22-49(45)65(52)37-11-7-5-8-12-37/h5-28H,1-2H3. The predicted molar refractivity (Wildman–Crippen MR) is 271 cm³/mol. The summed E-state index contributed by atoms with van der Waals surface area (Å²) in [5.41, 5.74) is 21.7. The van der Waals surface area contributed by atoms with Gasteiger partial charge >= 0.3 is 0 Å². The Labute approximate surface area is 381 Å². The fourth-order valence-corrected chi connectivity index (χ4v) is 12.3. The Morgan fingerprint density at radius 1 is 0.439 bits per heavy atom. The second-order valence-corrected chi connectivity index (χ2v) is 18.1. The van der Waals surface area contributed by atoms with Crippen LogP contribution in [0.4, 0.5) is 45.5 Å². The van der Waals surface area contributed by atoms with Crippen LogP contribution in [0.5, 0.6) is 0 Å². The third-order valence-corrected chi connectivity index (χ3v) is 14.8. The molecule has 10 aromatic rings. The van der Waals surface area contributed by atoms with Gasteiger partial charge in [-0.15, -0.1) is 0 Å². The van der Waals surface area contributed by atoms with Gasteiger partial charge in [-0.25, -0.2) is 9.69 Å². The highest BCUT2D eigenvalue weighted by molar-refractivity contribution is 7.02. The van der Waals surface area contributed by atoms with Gasteiger partial charge in [0, 0.05) is 34.1 Å². The summed E-state index contributed by atoms with van der Waals surface area (Å²) >= 11 is 0. The van der Waals surface area contributed by atoms with Crippen LogP contribution in [0.2, 0.25) is 0 Å². The van der Waals surface area contributed by atoms with Gasteiger partial charge in [0.25, 0.3) is 0 Å². The lowest BCUT2D eigenvalue weighted by molar-refractivity contribution is 1.29. The largest absolute Gasteiger partial charge is 0.313 e.